The largest absolute Gasteiger partial charge is 0.496 e. The fraction of sp³-hybridized carbons (Fsp3) is 0.500. The molecule has 0 saturated heterocycles. The molecule has 3 nitrogen and oxygen atoms in total. The van der Waals surface area contributed by atoms with E-state index in [9.17, 15) is 4.79 Å². The molecule has 0 aliphatic carbocycles. The molecule has 0 heterocycles. The number of ether oxygens (including phenoxy) is 1. The van der Waals surface area contributed by atoms with Crippen LogP contribution in [0.2, 0.25) is 0 Å². The van der Waals surface area contributed by atoms with Gasteiger partial charge in [0.05, 0.1) is 18.9 Å². The Labute approximate surface area is 113 Å². The molecule has 0 aliphatic rings. The van der Waals surface area contributed by atoms with Crippen LogP contribution in [-0.4, -0.2) is 18.2 Å². The third-order valence-electron chi connectivity index (χ3n) is 2.79. The van der Waals surface area contributed by atoms with Crippen LogP contribution in [-0.2, 0) is 10.2 Å². The lowest BCUT2D eigenvalue weighted by molar-refractivity contribution is -0.137. The quantitative estimate of drug-likeness (QED) is 0.848. The summed E-state index contributed by atoms with van der Waals surface area (Å²) in [5.74, 6) is -0.289. The fourth-order valence-electron chi connectivity index (χ4n) is 1.71. The van der Waals surface area contributed by atoms with E-state index < -0.39 is 11.3 Å². The van der Waals surface area contributed by atoms with Crippen molar-refractivity contribution in [2.75, 3.05) is 7.11 Å². The predicted molar refractivity (Wildman–Crippen MR) is 72.5 cm³/mol. The number of carboxylic acid groups (broad SMARTS) is 1. The summed E-state index contributed by atoms with van der Waals surface area (Å²) in [6.45, 7) is 6.29. The van der Waals surface area contributed by atoms with E-state index in [1.54, 1.807) is 7.11 Å². The van der Waals surface area contributed by atoms with Crippen molar-refractivity contribution in [1.82, 2.24) is 0 Å². The molecule has 0 fully saturated rings. The van der Waals surface area contributed by atoms with E-state index in [-0.39, 0.29) is 11.8 Å². The number of benzene rings is 1. The number of halogens is 1. The van der Waals surface area contributed by atoms with E-state index >= 15 is 0 Å². The lowest BCUT2D eigenvalue weighted by Gasteiger charge is -2.22. The van der Waals surface area contributed by atoms with E-state index in [2.05, 4.69) is 20.8 Å². The average molecular weight is 271 g/mol. The third kappa shape index (κ3) is 3.64. The molecule has 0 aromatic heterocycles. The van der Waals surface area contributed by atoms with E-state index in [0.717, 1.165) is 11.1 Å². The normalized spacial score (nSPS) is 13.2. The van der Waals surface area contributed by atoms with Crippen molar-refractivity contribution in [3.63, 3.8) is 0 Å². The molecule has 0 bridgehead atoms. The second kappa shape index (κ2) is 5.61. The number of hydrogen-bond donors (Lipinski definition) is 1. The van der Waals surface area contributed by atoms with Crippen molar-refractivity contribution in [3.05, 3.63) is 29.3 Å². The molecule has 0 radical (unpaired) electrons. The summed E-state index contributed by atoms with van der Waals surface area (Å²) in [5.41, 5.74) is 1.82. The van der Waals surface area contributed by atoms with Gasteiger partial charge >= 0.3 is 5.97 Å². The topological polar surface area (TPSA) is 46.5 Å². The van der Waals surface area contributed by atoms with Gasteiger partial charge in [0.25, 0.3) is 0 Å². The van der Waals surface area contributed by atoms with Gasteiger partial charge in [-0.3, -0.25) is 4.79 Å². The molecule has 4 heteroatoms. The van der Waals surface area contributed by atoms with Crippen molar-refractivity contribution in [1.29, 1.82) is 0 Å². The van der Waals surface area contributed by atoms with E-state index in [1.165, 1.54) is 0 Å². The van der Waals surface area contributed by atoms with Gasteiger partial charge in [0, 0.05) is 5.56 Å². The van der Waals surface area contributed by atoms with Crippen LogP contribution in [0, 0.1) is 0 Å². The van der Waals surface area contributed by atoms with Crippen LogP contribution in [0.25, 0.3) is 0 Å². The zero-order valence-corrected chi connectivity index (χ0v) is 11.9. The standard InChI is InChI=1S/C14H19ClO3/c1-14(2,3)9-5-6-12(18-4)10(7-9)11(15)8-13(16)17/h5-7,11H,8H2,1-4H3,(H,16,17). The first-order chi connectivity index (χ1) is 8.25. The number of hydrogen-bond acceptors (Lipinski definition) is 2. The van der Waals surface area contributed by atoms with Crippen molar-refractivity contribution in [2.45, 2.75) is 38.0 Å². The minimum Gasteiger partial charge on any atom is -0.496 e. The van der Waals surface area contributed by atoms with E-state index in [4.69, 9.17) is 21.4 Å². The Hall–Kier alpha value is -1.22. The van der Waals surface area contributed by atoms with Crippen molar-refractivity contribution in [2.24, 2.45) is 0 Å². The zero-order chi connectivity index (χ0) is 13.9. The van der Waals surface area contributed by atoms with Crippen LogP contribution in [0.5, 0.6) is 5.75 Å². The maximum Gasteiger partial charge on any atom is 0.305 e. The van der Waals surface area contributed by atoms with Crippen LogP contribution in [0.4, 0.5) is 0 Å². The summed E-state index contributed by atoms with van der Waals surface area (Å²) >= 11 is 6.15. The number of carbonyl (C=O) groups is 1. The van der Waals surface area contributed by atoms with Crippen LogP contribution in [0.3, 0.4) is 0 Å². The van der Waals surface area contributed by atoms with Crippen molar-refractivity contribution in [3.8, 4) is 5.75 Å². The molecule has 0 spiro atoms. The highest BCUT2D eigenvalue weighted by molar-refractivity contribution is 6.22. The number of carboxylic acids is 1. The highest BCUT2D eigenvalue weighted by Gasteiger charge is 2.21. The number of alkyl halides is 1. The molecule has 0 aliphatic heterocycles. The Morgan fingerprint density at radius 2 is 2.06 bits per heavy atom. The molecule has 1 N–H and O–H groups in total. The van der Waals surface area contributed by atoms with Crippen LogP contribution >= 0.6 is 11.6 Å². The smallest absolute Gasteiger partial charge is 0.305 e. The van der Waals surface area contributed by atoms with Gasteiger partial charge in [-0.15, -0.1) is 11.6 Å². The molecular formula is C14H19ClO3. The summed E-state index contributed by atoms with van der Waals surface area (Å²) < 4.78 is 5.24. The van der Waals surface area contributed by atoms with Crippen molar-refractivity contribution < 1.29 is 14.6 Å². The number of rotatable bonds is 4. The van der Waals surface area contributed by atoms with Gasteiger partial charge in [-0.1, -0.05) is 32.9 Å². The molecule has 1 atom stereocenters. The molecule has 1 rings (SSSR count). The molecule has 1 aromatic carbocycles. The highest BCUT2D eigenvalue weighted by Crippen LogP contribution is 2.35. The van der Waals surface area contributed by atoms with E-state index in [1.807, 2.05) is 18.2 Å². The van der Waals surface area contributed by atoms with Crippen molar-refractivity contribution >= 4 is 17.6 Å². The first-order valence-electron chi connectivity index (χ1n) is 5.80. The Balaban J connectivity index is 3.17. The van der Waals surface area contributed by atoms with Gasteiger partial charge in [0.1, 0.15) is 5.75 Å². The molecule has 0 amide bonds. The molecule has 18 heavy (non-hydrogen) atoms. The van der Waals surface area contributed by atoms with Crippen LogP contribution in [0.15, 0.2) is 18.2 Å². The number of aliphatic carboxylic acids is 1. The fourth-order valence-corrected chi connectivity index (χ4v) is 2.01. The monoisotopic (exact) mass is 270 g/mol. The van der Waals surface area contributed by atoms with Crippen LogP contribution in [0.1, 0.15) is 43.7 Å². The minimum absolute atomic E-state index is 0.0130. The number of methoxy groups -OCH3 is 1. The molecular weight excluding hydrogens is 252 g/mol. The summed E-state index contributed by atoms with van der Waals surface area (Å²) in [7, 11) is 1.56. The Kier molecular flexibility index (Phi) is 4.63. The average Bonchev–Trinajstić information content (AvgIpc) is 2.26. The molecule has 100 valence electrons. The SMILES string of the molecule is COc1ccc(C(C)(C)C)cc1C(Cl)CC(=O)O. The molecule has 1 aromatic rings. The van der Waals surface area contributed by atoms with Gasteiger partial charge in [-0.05, 0) is 17.0 Å². The zero-order valence-electron chi connectivity index (χ0n) is 11.2. The Morgan fingerprint density at radius 1 is 1.44 bits per heavy atom. The van der Waals surface area contributed by atoms with Gasteiger partial charge in [0.2, 0.25) is 0 Å². The Bertz CT molecular complexity index is 435. The van der Waals surface area contributed by atoms with Gasteiger partial charge in [-0.25, -0.2) is 0 Å². The lowest BCUT2D eigenvalue weighted by Crippen LogP contribution is -2.12. The minimum atomic E-state index is -0.918. The first-order valence-corrected chi connectivity index (χ1v) is 6.23. The highest BCUT2D eigenvalue weighted by atomic mass is 35.5. The first kappa shape index (κ1) is 14.8. The van der Waals surface area contributed by atoms with Gasteiger partial charge < -0.3 is 9.84 Å². The second-order valence-electron chi connectivity index (χ2n) is 5.27. The van der Waals surface area contributed by atoms with E-state index in [0.29, 0.717) is 5.75 Å². The molecule has 1 unspecified atom stereocenters. The second-order valence-corrected chi connectivity index (χ2v) is 5.80. The lowest BCUT2D eigenvalue weighted by atomic mass is 9.85. The summed E-state index contributed by atoms with van der Waals surface area (Å²) in [5, 5.41) is 8.23. The van der Waals surface area contributed by atoms with Gasteiger partial charge in [-0.2, -0.15) is 0 Å². The Morgan fingerprint density at radius 3 is 2.50 bits per heavy atom. The maximum atomic E-state index is 10.7. The maximum absolute atomic E-state index is 10.7. The summed E-state index contributed by atoms with van der Waals surface area (Å²) in [6.07, 6.45) is -0.120. The third-order valence-corrected chi connectivity index (χ3v) is 3.18. The van der Waals surface area contributed by atoms with Gasteiger partial charge in [0.15, 0.2) is 0 Å². The predicted octanol–water partition coefficient (Wildman–Crippen LogP) is 3.75. The molecule has 0 saturated carbocycles. The van der Waals surface area contributed by atoms with Crippen LogP contribution < -0.4 is 4.74 Å². The summed E-state index contributed by atoms with van der Waals surface area (Å²) in [4.78, 5) is 10.7. The summed E-state index contributed by atoms with van der Waals surface area (Å²) in [6, 6.07) is 5.75.